The number of sulfonamides is 1. The predicted octanol–water partition coefficient (Wildman–Crippen LogP) is 1.40. The fourth-order valence-corrected chi connectivity index (χ4v) is 2.90. The van der Waals surface area contributed by atoms with Crippen LogP contribution in [0.1, 0.15) is 17.3 Å². The number of amides is 2. The maximum absolute atomic E-state index is 12.1. The van der Waals surface area contributed by atoms with E-state index in [-0.39, 0.29) is 4.90 Å². The molecule has 0 aliphatic heterocycles. The molecule has 0 aliphatic carbocycles. The van der Waals surface area contributed by atoms with E-state index in [1.807, 2.05) is 0 Å². The van der Waals surface area contributed by atoms with Crippen LogP contribution < -0.4 is 15.8 Å². The van der Waals surface area contributed by atoms with Gasteiger partial charge in [-0.05, 0) is 55.5 Å². The van der Waals surface area contributed by atoms with Crippen molar-refractivity contribution in [3.05, 3.63) is 58.6 Å². The molecule has 9 nitrogen and oxygen atoms in total. The van der Waals surface area contributed by atoms with Crippen molar-refractivity contribution in [2.75, 3.05) is 11.9 Å². The molecule has 1 atom stereocenters. The molecule has 1 unspecified atom stereocenters. The minimum atomic E-state index is -3.83. The van der Waals surface area contributed by atoms with E-state index in [9.17, 15) is 22.8 Å². The molecule has 2 aromatic rings. The maximum atomic E-state index is 12.1. The summed E-state index contributed by atoms with van der Waals surface area (Å²) in [6.07, 6.45) is -1.13. The lowest BCUT2D eigenvalue weighted by molar-refractivity contribution is -0.152. The van der Waals surface area contributed by atoms with Crippen LogP contribution in [0.4, 0.5) is 5.69 Å². The molecule has 2 aromatic carbocycles. The van der Waals surface area contributed by atoms with Gasteiger partial charge in [0.2, 0.25) is 10.0 Å². The standard InChI is InChI=1S/C18H18BrN3O6S/c1-11(17(24)22-14-6-8-15(9-7-14)29(20,26)27)28-16(23)10-21-18(25)12-2-4-13(19)5-3-12/h2-9,11H,10H2,1H3,(H,21,25)(H,22,24)(H2,20,26,27). The number of nitrogens with one attached hydrogen (secondary N) is 2. The highest BCUT2D eigenvalue weighted by molar-refractivity contribution is 9.10. The van der Waals surface area contributed by atoms with Crippen LogP contribution >= 0.6 is 15.9 Å². The Balaban J connectivity index is 1.83. The topological polar surface area (TPSA) is 145 Å². The first-order valence-corrected chi connectivity index (χ1v) is 10.6. The highest BCUT2D eigenvalue weighted by Gasteiger charge is 2.19. The Bertz CT molecular complexity index is 1010. The first-order chi connectivity index (χ1) is 13.6. The highest BCUT2D eigenvalue weighted by Crippen LogP contribution is 2.13. The largest absolute Gasteiger partial charge is 0.451 e. The highest BCUT2D eigenvalue weighted by atomic mass is 79.9. The summed E-state index contributed by atoms with van der Waals surface area (Å²) in [6.45, 7) is 0.956. The van der Waals surface area contributed by atoms with Crippen LogP contribution in [-0.4, -0.2) is 38.9 Å². The molecule has 2 amide bonds. The molecule has 0 saturated heterocycles. The summed E-state index contributed by atoms with van der Waals surface area (Å²) in [6, 6.07) is 11.7. The van der Waals surface area contributed by atoms with E-state index in [4.69, 9.17) is 9.88 Å². The molecule has 0 radical (unpaired) electrons. The molecular weight excluding hydrogens is 466 g/mol. The fourth-order valence-electron chi connectivity index (χ4n) is 2.12. The van der Waals surface area contributed by atoms with Gasteiger partial charge in [-0.1, -0.05) is 15.9 Å². The molecule has 11 heteroatoms. The van der Waals surface area contributed by atoms with Crippen molar-refractivity contribution in [2.45, 2.75) is 17.9 Å². The number of carbonyl (C=O) groups excluding carboxylic acids is 3. The number of carbonyl (C=O) groups is 3. The summed E-state index contributed by atoms with van der Waals surface area (Å²) in [5.41, 5.74) is 0.670. The number of hydrogen-bond acceptors (Lipinski definition) is 6. The van der Waals surface area contributed by atoms with Gasteiger partial charge in [-0.2, -0.15) is 0 Å². The van der Waals surface area contributed by atoms with Crippen molar-refractivity contribution in [1.29, 1.82) is 0 Å². The quantitative estimate of drug-likeness (QED) is 0.507. The number of benzene rings is 2. The Morgan fingerprint density at radius 3 is 2.21 bits per heavy atom. The Hall–Kier alpha value is -2.76. The van der Waals surface area contributed by atoms with Crippen LogP contribution in [0.2, 0.25) is 0 Å². The monoisotopic (exact) mass is 483 g/mol. The number of halogens is 1. The zero-order chi connectivity index (χ0) is 21.6. The van der Waals surface area contributed by atoms with Crippen LogP contribution in [0.3, 0.4) is 0 Å². The van der Waals surface area contributed by atoms with Gasteiger partial charge in [0.05, 0.1) is 4.90 Å². The van der Waals surface area contributed by atoms with E-state index >= 15 is 0 Å². The van der Waals surface area contributed by atoms with E-state index in [0.29, 0.717) is 11.3 Å². The van der Waals surface area contributed by atoms with Crippen LogP contribution in [0, 0.1) is 0 Å². The SMILES string of the molecule is CC(OC(=O)CNC(=O)c1ccc(Br)cc1)C(=O)Nc1ccc(S(N)(=O)=O)cc1. The zero-order valence-electron chi connectivity index (χ0n) is 15.2. The smallest absolute Gasteiger partial charge is 0.326 e. The van der Waals surface area contributed by atoms with Crippen molar-refractivity contribution in [1.82, 2.24) is 5.32 Å². The lowest BCUT2D eigenvalue weighted by Gasteiger charge is -2.14. The summed E-state index contributed by atoms with van der Waals surface area (Å²) >= 11 is 3.26. The van der Waals surface area contributed by atoms with Gasteiger partial charge in [-0.15, -0.1) is 0 Å². The molecule has 0 fully saturated rings. The molecule has 0 aromatic heterocycles. The molecule has 0 spiro atoms. The van der Waals surface area contributed by atoms with E-state index in [1.54, 1.807) is 24.3 Å². The summed E-state index contributed by atoms with van der Waals surface area (Å²) < 4.78 is 28.2. The number of hydrogen-bond donors (Lipinski definition) is 3. The van der Waals surface area contributed by atoms with Crippen LogP contribution in [0.25, 0.3) is 0 Å². The first-order valence-electron chi connectivity index (χ1n) is 8.23. The van der Waals surface area contributed by atoms with Gasteiger partial charge in [0, 0.05) is 15.7 Å². The summed E-state index contributed by atoms with van der Waals surface area (Å²) in [5.74, 6) is -1.87. The van der Waals surface area contributed by atoms with Crippen molar-refractivity contribution in [3.63, 3.8) is 0 Å². The van der Waals surface area contributed by atoms with Gasteiger partial charge >= 0.3 is 5.97 Å². The van der Waals surface area contributed by atoms with Gasteiger partial charge in [-0.3, -0.25) is 14.4 Å². The average Bonchev–Trinajstić information content (AvgIpc) is 2.66. The third-order valence-corrected chi connectivity index (χ3v) is 5.09. The number of anilines is 1. The summed E-state index contributed by atoms with van der Waals surface area (Å²) in [7, 11) is -3.83. The van der Waals surface area contributed by atoms with Gasteiger partial charge < -0.3 is 15.4 Å². The van der Waals surface area contributed by atoms with Gasteiger partial charge in [0.1, 0.15) is 6.54 Å². The molecule has 0 aliphatic rings. The third kappa shape index (κ3) is 6.97. The minimum absolute atomic E-state index is 0.100. The van der Waals surface area contributed by atoms with E-state index in [2.05, 4.69) is 26.6 Å². The van der Waals surface area contributed by atoms with E-state index < -0.39 is 40.5 Å². The van der Waals surface area contributed by atoms with Crippen LogP contribution in [-0.2, 0) is 24.3 Å². The lowest BCUT2D eigenvalue weighted by atomic mass is 10.2. The van der Waals surface area contributed by atoms with Crippen molar-refractivity contribution in [3.8, 4) is 0 Å². The number of esters is 1. The Morgan fingerprint density at radius 1 is 1.07 bits per heavy atom. The normalized spacial score (nSPS) is 12.0. The molecule has 2 rings (SSSR count). The van der Waals surface area contributed by atoms with E-state index in [0.717, 1.165) is 4.47 Å². The van der Waals surface area contributed by atoms with Crippen molar-refractivity contribution in [2.24, 2.45) is 5.14 Å². The number of ether oxygens (including phenoxy) is 1. The molecule has 0 saturated carbocycles. The van der Waals surface area contributed by atoms with Gasteiger partial charge in [-0.25, -0.2) is 13.6 Å². The second-order valence-corrected chi connectivity index (χ2v) is 8.36. The maximum Gasteiger partial charge on any atom is 0.326 e. The van der Waals surface area contributed by atoms with E-state index in [1.165, 1.54) is 31.2 Å². The number of nitrogens with two attached hydrogens (primary N) is 1. The zero-order valence-corrected chi connectivity index (χ0v) is 17.6. The Labute approximate surface area is 175 Å². The van der Waals surface area contributed by atoms with Crippen LogP contribution in [0.15, 0.2) is 57.9 Å². The van der Waals surface area contributed by atoms with Gasteiger partial charge in [0.25, 0.3) is 11.8 Å². The Kier molecular flexibility index (Phi) is 7.48. The summed E-state index contributed by atoms with van der Waals surface area (Å²) in [4.78, 5) is 35.8. The second-order valence-electron chi connectivity index (χ2n) is 5.88. The fraction of sp³-hybridized carbons (Fsp3) is 0.167. The molecule has 154 valence electrons. The van der Waals surface area contributed by atoms with Gasteiger partial charge in [0.15, 0.2) is 6.10 Å². The average molecular weight is 484 g/mol. The summed E-state index contributed by atoms with van der Waals surface area (Å²) in [5, 5.41) is 9.88. The van der Waals surface area contributed by atoms with Crippen molar-refractivity contribution < 1.29 is 27.5 Å². The molecule has 29 heavy (non-hydrogen) atoms. The van der Waals surface area contributed by atoms with Crippen molar-refractivity contribution >= 4 is 49.4 Å². The first kappa shape index (κ1) is 22.5. The number of primary sulfonamides is 1. The van der Waals surface area contributed by atoms with Crippen LogP contribution in [0.5, 0.6) is 0 Å². The molecule has 4 N–H and O–H groups in total. The lowest BCUT2D eigenvalue weighted by Crippen LogP contribution is -2.35. The Morgan fingerprint density at radius 2 is 1.66 bits per heavy atom. The minimum Gasteiger partial charge on any atom is -0.451 e. The molecular formula is C18H18BrN3O6S. The molecule has 0 heterocycles. The third-order valence-electron chi connectivity index (χ3n) is 3.63. The number of rotatable bonds is 7. The predicted molar refractivity (Wildman–Crippen MR) is 108 cm³/mol. The second kappa shape index (κ2) is 9.63. The molecule has 0 bridgehead atoms.